The Kier molecular flexibility index (Phi) is 6.08. The Balaban J connectivity index is 2.63. The Bertz CT molecular complexity index is 862. The first-order chi connectivity index (χ1) is 11.8. The molecule has 25 heavy (non-hydrogen) atoms. The fraction of sp³-hybridized carbons (Fsp3) is 0.353. The molecule has 1 N–H and O–H groups in total. The van der Waals surface area contributed by atoms with Gasteiger partial charge in [0.25, 0.3) is 5.56 Å². The van der Waals surface area contributed by atoms with Gasteiger partial charge in [-0.05, 0) is 18.6 Å². The highest BCUT2D eigenvalue weighted by Gasteiger charge is 2.25. The van der Waals surface area contributed by atoms with Crippen molar-refractivity contribution in [2.75, 3.05) is 6.61 Å². The predicted molar refractivity (Wildman–Crippen MR) is 95.8 cm³/mol. The zero-order valence-corrected chi connectivity index (χ0v) is 15.6. The number of carbonyl (C=O) groups excluding carboxylic acids is 1. The van der Waals surface area contributed by atoms with Gasteiger partial charge in [0.2, 0.25) is 0 Å². The predicted octanol–water partition coefficient (Wildman–Crippen LogP) is 3.60. The molecule has 2 aromatic rings. The topological polar surface area (TPSA) is 81.4 Å². The summed E-state index contributed by atoms with van der Waals surface area (Å²) in [5.41, 5.74) is -0.394. The maximum atomic E-state index is 12.6. The van der Waals surface area contributed by atoms with Crippen molar-refractivity contribution in [1.29, 1.82) is 0 Å². The minimum absolute atomic E-state index is 0.00459. The van der Waals surface area contributed by atoms with Crippen molar-refractivity contribution in [2.45, 2.75) is 33.2 Å². The van der Waals surface area contributed by atoms with Crippen molar-refractivity contribution in [3.63, 3.8) is 0 Å². The normalized spacial score (nSPS) is 11.0. The van der Waals surface area contributed by atoms with Crippen molar-refractivity contribution in [2.24, 2.45) is 0 Å². The van der Waals surface area contributed by atoms with E-state index in [0.717, 1.165) is 4.68 Å². The lowest BCUT2D eigenvalue weighted by molar-refractivity contribution is 0.0519. The van der Waals surface area contributed by atoms with E-state index in [-0.39, 0.29) is 24.8 Å². The van der Waals surface area contributed by atoms with E-state index < -0.39 is 22.8 Å². The fourth-order valence-corrected chi connectivity index (χ4v) is 2.68. The van der Waals surface area contributed by atoms with Crippen molar-refractivity contribution in [3.05, 3.63) is 55.4 Å². The smallest absolute Gasteiger partial charge is 0.347 e. The molecule has 0 spiro atoms. The number of aromatic nitrogens is 2. The number of ether oxygens (including phenoxy) is 1. The van der Waals surface area contributed by atoms with Gasteiger partial charge in [-0.2, -0.15) is 5.10 Å². The monoisotopic (exact) mass is 384 g/mol. The van der Waals surface area contributed by atoms with Gasteiger partial charge in [0.1, 0.15) is 5.69 Å². The molecule has 0 amide bonds. The highest BCUT2D eigenvalue weighted by Crippen LogP contribution is 2.28. The fourth-order valence-electron chi connectivity index (χ4n) is 2.30. The Morgan fingerprint density at radius 2 is 2.04 bits per heavy atom. The number of carbonyl (C=O) groups is 1. The van der Waals surface area contributed by atoms with E-state index >= 15 is 0 Å². The molecule has 8 heteroatoms. The Morgan fingerprint density at radius 1 is 1.36 bits per heavy atom. The summed E-state index contributed by atoms with van der Waals surface area (Å²) in [5, 5.41) is 15.1. The van der Waals surface area contributed by atoms with Crippen LogP contribution in [0.5, 0.6) is 5.75 Å². The van der Waals surface area contributed by atoms with Gasteiger partial charge in [0.05, 0.1) is 23.2 Å². The van der Waals surface area contributed by atoms with Crippen LogP contribution in [0, 0.1) is 0 Å². The first-order valence-corrected chi connectivity index (χ1v) is 8.47. The third kappa shape index (κ3) is 3.96. The molecule has 0 aliphatic heterocycles. The van der Waals surface area contributed by atoms with Gasteiger partial charge in [-0.1, -0.05) is 49.2 Å². The number of halogens is 2. The molecule has 134 valence electrons. The lowest BCUT2D eigenvalue weighted by Gasteiger charge is -2.15. The summed E-state index contributed by atoms with van der Waals surface area (Å²) < 4.78 is 5.97. The number of esters is 1. The van der Waals surface area contributed by atoms with Crippen LogP contribution in [0.3, 0.4) is 0 Å². The van der Waals surface area contributed by atoms with Gasteiger partial charge in [-0.15, -0.1) is 0 Å². The molecule has 0 fully saturated rings. The highest BCUT2D eigenvalue weighted by atomic mass is 35.5. The molecule has 1 aromatic heterocycles. The van der Waals surface area contributed by atoms with Gasteiger partial charge in [-0.25, -0.2) is 9.48 Å². The number of nitrogens with zero attached hydrogens (tertiary/aromatic N) is 2. The van der Waals surface area contributed by atoms with E-state index in [9.17, 15) is 14.7 Å². The van der Waals surface area contributed by atoms with Crippen LogP contribution >= 0.6 is 23.2 Å². The zero-order chi connectivity index (χ0) is 18.7. The quantitative estimate of drug-likeness (QED) is 0.796. The summed E-state index contributed by atoms with van der Waals surface area (Å²) in [7, 11) is 0. The second kappa shape index (κ2) is 7.89. The summed E-state index contributed by atoms with van der Waals surface area (Å²) in [4.78, 5) is 24.8. The van der Waals surface area contributed by atoms with Crippen LogP contribution in [0.2, 0.25) is 10.0 Å². The summed E-state index contributed by atoms with van der Waals surface area (Å²) in [5.74, 6) is -1.55. The van der Waals surface area contributed by atoms with E-state index in [2.05, 4.69) is 5.10 Å². The van der Waals surface area contributed by atoms with Gasteiger partial charge in [0.15, 0.2) is 11.3 Å². The van der Waals surface area contributed by atoms with Crippen LogP contribution < -0.4 is 5.56 Å². The molecule has 0 saturated carbocycles. The number of rotatable bonds is 5. The van der Waals surface area contributed by atoms with Gasteiger partial charge in [-0.3, -0.25) is 4.79 Å². The number of benzene rings is 1. The van der Waals surface area contributed by atoms with Crippen molar-refractivity contribution >= 4 is 29.2 Å². The molecule has 0 saturated heterocycles. The summed E-state index contributed by atoms with van der Waals surface area (Å²) >= 11 is 12.2. The van der Waals surface area contributed by atoms with Crippen molar-refractivity contribution < 1.29 is 14.6 Å². The molecule has 1 heterocycles. The van der Waals surface area contributed by atoms with Crippen LogP contribution in [0.1, 0.15) is 48.3 Å². The molecular formula is C17H18Cl2N2O4. The van der Waals surface area contributed by atoms with E-state index in [4.69, 9.17) is 27.9 Å². The van der Waals surface area contributed by atoms with Gasteiger partial charge in [0, 0.05) is 5.92 Å². The minimum atomic E-state index is -0.889. The third-order valence-electron chi connectivity index (χ3n) is 3.53. The number of hydrogen-bond acceptors (Lipinski definition) is 5. The average molecular weight is 385 g/mol. The first-order valence-electron chi connectivity index (χ1n) is 7.71. The van der Waals surface area contributed by atoms with Gasteiger partial charge < -0.3 is 9.84 Å². The van der Waals surface area contributed by atoms with Crippen LogP contribution in [0.4, 0.5) is 0 Å². The maximum Gasteiger partial charge on any atom is 0.347 e. The van der Waals surface area contributed by atoms with E-state index in [0.29, 0.717) is 15.6 Å². The molecule has 0 bridgehead atoms. The number of aromatic hydroxyl groups is 1. The van der Waals surface area contributed by atoms with Crippen LogP contribution in [-0.4, -0.2) is 27.5 Å². The molecule has 0 unspecified atom stereocenters. The SMILES string of the molecule is CCOC(=O)c1c(O)c(C(C)C)nn(Cc2cccc(Cl)c2Cl)c1=O. The zero-order valence-electron chi connectivity index (χ0n) is 14.0. The van der Waals surface area contributed by atoms with Gasteiger partial charge >= 0.3 is 5.97 Å². The Labute approximate surface area is 154 Å². The van der Waals surface area contributed by atoms with E-state index in [1.165, 1.54) is 0 Å². The molecule has 6 nitrogen and oxygen atoms in total. The van der Waals surface area contributed by atoms with E-state index in [1.54, 1.807) is 39.0 Å². The lowest BCUT2D eigenvalue weighted by Crippen LogP contribution is -2.31. The molecule has 0 atom stereocenters. The molecule has 0 aliphatic carbocycles. The van der Waals surface area contributed by atoms with Crippen LogP contribution in [0.15, 0.2) is 23.0 Å². The first kappa shape index (κ1) is 19.3. The van der Waals surface area contributed by atoms with Crippen LogP contribution in [-0.2, 0) is 11.3 Å². The minimum Gasteiger partial charge on any atom is -0.505 e. The summed E-state index contributed by atoms with van der Waals surface area (Å²) in [6, 6.07) is 5.03. The Morgan fingerprint density at radius 3 is 2.64 bits per heavy atom. The van der Waals surface area contributed by atoms with Crippen molar-refractivity contribution in [3.8, 4) is 5.75 Å². The number of hydrogen-bond donors (Lipinski definition) is 1. The van der Waals surface area contributed by atoms with Crippen LogP contribution in [0.25, 0.3) is 0 Å². The largest absolute Gasteiger partial charge is 0.505 e. The molecule has 0 radical (unpaired) electrons. The summed E-state index contributed by atoms with van der Waals surface area (Å²) in [6.07, 6.45) is 0. The molecule has 0 aliphatic rings. The second-order valence-electron chi connectivity index (χ2n) is 5.66. The highest BCUT2D eigenvalue weighted by molar-refractivity contribution is 6.42. The second-order valence-corrected chi connectivity index (χ2v) is 6.44. The standard InChI is InChI=1S/C17H18Cl2N2O4/c1-4-25-17(24)12-15(22)14(9(2)3)20-21(16(12)23)8-10-6-5-7-11(18)13(10)19/h5-7,9,22H,4,8H2,1-3H3. The van der Waals surface area contributed by atoms with E-state index in [1.807, 2.05) is 0 Å². The lowest BCUT2D eigenvalue weighted by atomic mass is 10.1. The molecule has 2 rings (SSSR count). The molecule has 1 aromatic carbocycles. The van der Waals surface area contributed by atoms with Crippen molar-refractivity contribution in [1.82, 2.24) is 9.78 Å². The summed E-state index contributed by atoms with van der Waals surface area (Å²) in [6.45, 7) is 5.28. The average Bonchev–Trinajstić information content (AvgIpc) is 2.54. The molecular weight excluding hydrogens is 367 g/mol. The maximum absolute atomic E-state index is 12.6. The Hall–Kier alpha value is -2.05. The third-order valence-corrected chi connectivity index (χ3v) is 4.39.